The molecule has 0 spiro atoms. The van der Waals surface area contributed by atoms with Crippen LogP contribution >= 0.6 is 0 Å². The quantitative estimate of drug-likeness (QED) is 0.166. The topological polar surface area (TPSA) is 29.2 Å². The summed E-state index contributed by atoms with van der Waals surface area (Å²) in [5, 5.41) is 5.14. The zero-order valence-corrected chi connectivity index (χ0v) is 32.3. The molecule has 0 saturated heterocycles. The van der Waals surface area contributed by atoms with Crippen molar-refractivity contribution < 1.29 is 0 Å². The maximum absolute atomic E-state index is 5.03. The monoisotopic (exact) mass is 759 g/mol. The fourth-order valence-corrected chi connectivity index (χ4v) is 11.8. The van der Waals surface area contributed by atoms with Crippen LogP contribution in [-0.4, -0.2) is 27.5 Å². The van der Waals surface area contributed by atoms with E-state index < -0.39 is 0 Å². The van der Waals surface area contributed by atoms with Gasteiger partial charge >= 0.3 is 0 Å². The SMILES string of the molecule is c1ccc(N2c3ccccc3B3c4c2cncc4-n2c4ccccc4c4c2c3cc2c3ccc5c6c3n(c24)-c2ccccc2B6c2ccccc2N5c2ccccc2)cc1. The zero-order valence-electron chi connectivity index (χ0n) is 32.3. The Morgan fingerprint density at radius 3 is 1.63 bits per heavy atom. The van der Waals surface area contributed by atoms with Crippen molar-refractivity contribution in [2.24, 2.45) is 0 Å². The van der Waals surface area contributed by atoms with Gasteiger partial charge in [-0.3, -0.25) is 4.98 Å². The number of rotatable bonds is 2. The van der Waals surface area contributed by atoms with E-state index in [-0.39, 0.29) is 13.4 Å². The third-order valence-corrected chi connectivity index (χ3v) is 13.9. The summed E-state index contributed by atoms with van der Waals surface area (Å²) in [5.74, 6) is 0. The van der Waals surface area contributed by atoms with Crippen LogP contribution in [0.15, 0.2) is 188 Å². The van der Waals surface area contributed by atoms with Crippen molar-refractivity contribution in [3.63, 3.8) is 0 Å². The Morgan fingerprint density at radius 1 is 0.350 bits per heavy atom. The van der Waals surface area contributed by atoms with E-state index in [1.165, 1.54) is 105 Å². The predicted octanol–water partition coefficient (Wildman–Crippen LogP) is 8.50. The highest BCUT2D eigenvalue weighted by atomic mass is 15.2. The van der Waals surface area contributed by atoms with E-state index in [2.05, 4.69) is 207 Å². The molecule has 0 radical (unpaired) electrons. The van der Waals surface area contributed by atoms with Gasteiger partial charge in [-0.25, -0.2) is 0 Å². The van der Waals surface area contributed by atoms with Crippen molar-refractivity contribution in [1.82, 2.24) is 14.1 Å². The molecule has 15 rings (SSSR count). The Kier molecular flexibility index (Phi) is 5.75. The van der Waals surface area contributed by atoms with Crippen molar-refractivity contribution in [1.29, 1.82) is 0 Å². The molecule has 0 amide bonds. The molecule has 0 aliphatic carbocycles. The number of aromatic nitrogens is 3. The smallest absolute Gasteiger partial charge is 0.252 e. The molecule has 4 aliphatic rings. The summed E-state index contributed by atoms with van der Waals surface area (Å²) in [6, 6.07) is 65.3. The second-order valence-corrected chi connectivity index (χ2v) is 16.6. The van der Waals surface area contributed by atoms with E-state index in [1.54, 1.807) is 0 Å². The van der Waals surface area contributed by atoms with Crippen molar-refractivity contribution in [3.05, 3.63) is 188 Å². The molecule has 0 saturated carbocycles. The van der Waals surface area contributed by atoms with Gasteiger partial charge in [0.25, 0.3) is 13.4 Å². The van der Waals surface area contributed by atoms with Crippen LogP contribution in [0.5, 0.6) is 0 Å². The molecule has 274 valence electrons. The maximum Gasteiger partial charge on any atom is 0.252 e. The van der Waals surface area contributed by atoms with Gasteiger partial charge in [0, 0.05) is 55.7 Å². The van der Waals surface area contributed by atoms with Crippen LogP contribution in [0.1, 0.15) is 0 Å². The highest BCUT2D eigenvalue weighted by Crippen LogP contribution is 2.47. The van der Waals surface area contributed by atoms with Gasteiger partial charge in [-0.15, -0.1) is 0 Å². The van der Waals surface area contributed by atoms with E-state index in [0.29, 0.717) is 0 Å². The molecule has 0 fully saturated rings. The van der Waals surface area contributed by atoms with Gasteiger partial charge in [-0.2, -0.15) is 0 Å². The average Bonchev–Trinajstić information content (AvgIpc) is 3.84. The highest BCUT2D eigenvalue weighted by molar-refractivity contribution is 7.01. The Labute approximate surface area is 346 Å². The van der Waals surface area contributed by atoms with E-state index in [0.717, 1.165) is 17.1 Å². The predicted molar refractivity (Wildman–Crippen MR) is 252 cm³/mol. The first-order valence-corrected chi connectivity index (χ1v) is 20.9. The van der Waals surface area contributed by atoms with Crippen molar-refractivity contribution in [2.45, 2.75) is 0 Å². The second kappa shape index (κ2) is 11.0. The van der Waals surface area contributed by atoms with Crippen molar-refractivity contribution in [2.75, 3.05) is 9.80 Å². The van der Waals surface area contributed by atoms with Gasteiger partial charge in [0.2, 0.25) is 0 Å². The first-order chi connectivity index (χ1) is 29.8. The van der Waals surface area contributed by atoms with Crippen LogP contribution < -0.4 is 42.6 Å². The van der Waals surface area contributed by atoms with Crippen LogP contribution in [0.3, 0.4) is 0 Å². The molecular formula is C53H31B2N5. The lowest BCUT2D eigenvalue weighted by Gasteiger charge is -2.40. The summed E-state index contributed by atoms with van der Waals surface area (Å²) in [4.78, 5) is 9.93. The molecule has 0 N–H and O–H groups in total. The van der Waals surface area contributed by atoms with Crippen molar-refractivity contribution in [3.8, 4) is 11.4 Å². The molecule has 60 heavy (non-hydrogen) atoms. The van der Waals surface area contributed by atoms with Gasteiger partial charge in [0.05, 0.1) is 45.8 Å². The standard InChI is InChI=1S/C53H31B2N5/c1-3-15-32(16-4-1)57-42-24-12-8-20-37(42)54-39-22-10-14-26-44(39)60-51-36(34-27-28-45(57)50(54)52(34)60)29-40-53-48(51)35-19-7-11-23-41(35)59(53)47-31-56-30-46-49(47)55(40)38-21-9-13-25-43(38)58(46)33-17-5-2-6-18-33/h1-31H. The molecule has 11 aromatic rings. The van der Waals surface area contributed by atoms with Crippen LogP contribution in [0, 0.1) is 0 Å². The molecular weight excluding hydrogens is 728 g/mol. The van der Waals surface area contributed by atoms with E-state index >= 15 is 0 Å². The molecule has 0 bridgehead atoms. The number of pyridine rings is 1. The number of hydrogen-bond donors (Lipinski definition) is 0. The van der Waals surface area contributed by atoms with Gasteiger partial charge < -0.3 is 18.9 Å². The second-order valence-electron chi connectivity index (χ2n) is 16.6. The minimum Gasteiger partial charge on any atom is -0.311 e. The van der Waals surface area contributed by atoms with E-state index in [1.807, 2.05) is 0 Å². The Morgan fingerprint density at radius 2 is 0.917 bits per heavy atom. The van der Waals surface area contributed by atoms with Gasteiger partial charge in [-0.05, 0) is 87.4 Å². The van der Waals surface area contributed by atoms with Crippen LogP contribution in [0.25, 0.3) is 55.0 Å². The summed E-state index contributed by atoms with van der Waals surface area (Å²) in [6.45, 7) is 0.103. The summed E-state index contributed by atoms with van der Waals surface area (Å²) >= 11 is 0. The molecule has 0 atom stereocenters. The highest BCUT2D eigenvalue weighted by Gasteiger charge is 2.45. The maximum atomic E-state index is 5.03. The number of anilines is 6. The minimum atomic E-state index is 0.0134. The lowest BCUT2D eigenvalue weighted by atomic mass is 9.34. The molecule has 4 aliphatic heterocycles. The molecule has 7 heteroatoms. The Balaban J connectivity index is 1.14. The number of benzene rings is 8. The number of hydrogen-bond acceptors (Lipinski definition) is 3. The molecule has 0 unspecified atom stereocenters. The molecule has 5 nitrogen and oxygen atoms in total. The van der Waals surface area contributed by atoms with E-state index in [9.17, 15) is 0 Å². The normalized spacial score (nSPS) is 13.9. The van der Waals surface area contributed by atoms with Crippen LogP contribution in [-0.2, 0) is 0 Å². The summed E-state index contributed by atoms with van der Waals surface area (Å²) in [5.41, 5.74) is 22.5. The first-order valence-electron chi connectivity index (χ1n) is 20.9. The van der Waals surface area contributed by atoms with Crippen molar-refractivity contribution >= 4 is 124 Å². The molecule has 7 heterocycles. The fourth-order valence-electron chi connectivity index (χ4n) is 11.8. The van der Waals surface area contributed by atoms with Gasteiger partial charge in [0.15, 0.2) is 0 Å². The van der Waals surface area contributed by atoms with Gasteiger partial charge in [-0.1, -0.05) is 121 Å². The Hall–Kier alpha value is -7.76. The number of fused-ring (bicyclic) bond motifs is 16. The third-order valence-electron chi connectivity index (χ3n) is 13.9. The van der Waals surface area contributed by atoms with Crippen LogP contribution in [0.2, 0.25) is 0 Å². The third kappa shape index (κ3) is 3.63. The molecule has 8 aromatic carbocycles. The van der Waals surface area contributed by atoms with Gasteiger partial charge in [0.1, 0.15) is 0 Å². The minimum absolute atomic E-state index is 0.0134. The Bertz CT molecular complexity index is 3700. The lowest BCUT2D eigenvalue weighted by molar-refractivity contribution is 1.13. The number of nitrogens with zero attached hydrogens (tertiary/aromatic N) is 5. The lowest BCUT2D eigenvalue weighted by Crippen LogP contribution is -2.60. The van der Waals surface area contributed by atoms with Crippen LogP contribution in [0.4, 0.5) is 34.1 Å². The van der Waals surface area contributed by atoms with E-state index in [4.69, 9.17) is 4.98 Å². The average molecular weight is 759 g/mol. The summed E-state index contributed by atoms with van der Waals surface area (Å²) in [7, 11) is 0. The largest absolute Gasteiger partial charge is 0.311 e. The first kappa shape index (κ1) is 31.3. The summed E-state index contributed by atoms with van der Waals surface area (Å²) < 4.78 is 5.17. The zero-order chi connectivity index (χ0) is 38.8. The number of para-hydroxylation sites is 6. The fraction of sp³-hybridized carbons (Fsp3) is 0. The summed E-state index contributed by atoms with van der Waals surface area (Å²) in [6.07, 6.45) is 4.18. The molecule has 3 aromatic heterocycles.